The van der Waals surface area contributed by atoms with E-state index in [-0.39, 0.29) is 6.04 Å². The van der Waals surface area contributed by atoms with Gasteiger partial charge < -0.3 is 0 Å². The summed E-state index contributed by atoms with van der Waals surface area (Å²) in [6.07, 6.45) is 1.67. The molecule has 7 nitrogen and oxygen atoms in total. The number of halogens is 1. The van der Waals surface area contributed by atoms with Crippen LogP contribution in [0.25, 0.3) is 0 Å². The Bertz CT molecular complexity index is 1010. The van der Waals surface area contributed by atoms with Crippen molar-refractivity contribution >= 4 is 39.1 Å². The van der Waals surface area contributed by atoms with Crippen molar-refractivity contribution in [3.63, 3.8) is 0 Å². The topological polar surface area (TPSA) is 95.6 Å². The van der Waals surface area contributed by atoms with Gasteiger partial charge in [-0.3, -0.25) is 24.7 Å². The molecular weight excluding hydrogens is 390 g/mol. The molecule has 142 valence electrons. The van der Waals surface area contributed by atoms with Crippen molar-refractivity contribution in [2.45, 2.75) is 19.4 Å². The molecule has 2 aromatic rings. The Morgan fingerprint density at radius 3 is 2.19 bits per heavy atom. The van der Waals surface area contributed by atoms with Gasteiger partial charge in [0, 0.05) is 22.2 Å². The van der Waals surface area contributed by atoms with Gasteiger partial charge in [0.25, 0.3) is 11.8 Å². The Kier molecular flexibility index (Phi) is 5.12. The van der Waals surface area contributed by atoms with E-state index in [0.29, 0.717) is 28.3 Å². The Hall–Kier alpha value is -2.58. The molecular formula is C18H18ClN3O4S. The third kappa shape index (κ3) is 4.06. The predicted octanol–water partition coefficient (Wildman–Crippen LogP) is 2.13. The Morgan fingerprint density at radius 2 is 1.59 bits per heavy atom. The molecule has 1 aliphatic heterocycles. The van der Waals surface area contributed by atoms with Crippen molar-refractivity contribution in [3.8, 4) is 0 Å². The molecule has 27 heavy (non-hydrogen) atoms. The van der Waals surface area contributed by atoms with Crippen molar-refractivity contribution in [1.29, 1.82) is 0 Å². The van der Waals surface area contributed by atoms with Crippen LogP contribution in [0.15, 0.2) is 42.5 Å². The van der Waals surface area contributed by atoms with Gasteiger partial charge in [0.05, 0.1) is 11.9 Å². The van der Waals surface area contributed by atoms with Gasteiger partial charge in [-0.05, 0) is 61.4 Å². The molecule has 0 bridgehead atoms. The quantitative estimate of drug-likeness (QED) is 0.762. The van der Waals surface area contributed by atoms with Crippen molar-refractivity contribution in [3.05, 3.63) is 64.2 Å². The first-order valence-corrected chi connectivity index (χ1v) is 10.4. The number of sulfonamides is 1. The zero-order valence-electron chi connectivity index (χ0n) is 14.7. The number of amides is 2. The zero-order valence-corrected chi connectivity index (χ0v) is 16.3. The van der Waals surface area contributed by atoms with Gasteiger partial charge in [0.15, 0.2) is 0 Å². The fourth-order valence-electron chi connectivity index (χ4n) is 3.11. The number of hydrogen-bond donors (Lipinski definition) is 2. The molecule has 1 aliphatic rings. The van der Waals surface area contributed by atoms with Crippen LogP contribution in [0, 0.1) is 0 Å². The van der Waals surface area contributed by atoms with E-state index in [1.54, 1.807) is 36.4 Å². The van der Waals surface area contributed by atoms with Gasteiger partial charge in [-0.15, -0.1) is 0 Å². The van der Waals surface area contributed by atoms with E-state index in [4.69, 9.17) is 11.6 Å². The lowest BCUT2D eigenvalue weighted by Gasteiger charge is -2.21. The second kappa shape index (κ2) is 7.21. The molecule has 2 N–H and O–H groups in total. The van der Waals surface area contributed by atoms with Crippen LogP contribution in [0.1, 0.15) is 33.2 Å². The minimum Gasteiger partial charge on any atom is -0.267 e. The second-order valence-corrected chi connectivity index (χ2v) is 8.67. The lowest BCUT2D eigenvalue weighted by atomic mass is 10.1. The van der Waals surface area contributed by atoms with E-state index in [9.17, 15) is 18.0 Å². The zero-order chi connectivity index (χ0) is 19.8. The van der Waals surface area contributed by atoms with Crippen molar-refractivity contribution in [2.75, 3.05) is 10.6 Å². The SMILES string of the molecule is C[C@@H]1Cc2cc(C(=O)NNC(=O)c3ccc(Cl)cc3)ccc2N1S(C)(=O)=O. The summed E-state index contributed by atoms with van der Waals surface area (Å²) in [6.45, 7) is 1.81. The van der Waals surface area contributed by atoms with Crippen LogP contribution >= 0.6 is 11.6 Å². The largest absolute Gasteiger partial charge is 0.269 e. The standard InChI is InChI=1S/C18H18ClN3O4S/c1-11-9-14-10-13(5-8-16(14)22(11)27(2,25)26)18(24)21-20-17(23)12-3-6-15(19)7-4-12/h3-8,10-11H,9H2,1-2H3,(H,20,23)(H,21,24)/t11-/m1/s1. The number of hydrazine groups is 1. The summed E-state index contributed by atoms with van der Waals surface area (Å²) in [4.78, 5) is 24.3. The molecule has 0 fully saturated rings. The van der Waals surface area contributed by atoms with Crippen molar-refractivity contribution in [2.24, 2.45) is 0 Å². The monoisotopic (exact) mass is 407 g/mol. The number of carbonyl (C=O) groups is 2. The number of benzene rings is 2. The molecule has 0 aliphatic carbocycles. The third-order valence-electron chi connectivity index (χ3n) is 4.25. The maximum absolute atomic E-state index is 12.3. The van der Waals surface area contributed by atoms with Crippen molar-refractivity contribution in [1.82, 2.24) is 10.9 Å². The summed E-state index contributed by atoms with van der Waals surface area (Å²) in [5, 5.41) is 0.506. The van der Waals surface area contributed by atoms with Crippen LogP contribution in [0.5, 0.6) is 0 Å². The maximum atomic E-state index is 12.3. The number of nitrogens with one attached hydrogen (secondary N) is 2. The fourth-order valence-corrected chi connectivity index (χ4v) is 4.50. The van der Waals surface area contributed by atoms with E-state index >= 15 is 0 Å². The number of carbonyl (C=O) groups excluding carboxylic acids is 2. The minimum absolute atomic E-state index is 0.210. The van der Waals surface area contributed by atoms with Crippen LogP contribution in [-0.2, 0) is 16.4 Å². The lowest BCUT2D eigenvalue weighted by Crippen LogP contribution is -2.41. The molecule has 0 radical (unpaired) electrons. The van der Waals surface area contributed by atoms with Gasteiger partial charge in [0.1, 0.15) is 0 Å². The molecule has 0 unspecified atom stereocenters. The van der Waals surface area contributed by atoms with Crippen molar-refractivity contribution < 1.29 is 18.0 Å². The molecule has 0 aromatic heterocycles. The van der Waals surface area contributed by atoms with Gasteiger partial charge in [-0.25, -0.2) is 8.42 Å². The van der Waals surface area contributed by atoms with E-state index in [1.807, 2.05) is 6.92 Å². The summed E-state index contributed by atoms with van der Waals surface area (Å²) in [5.41, 5.74) is 6.71. The van der Waals surface area contributed by atoms with E-state index in [0.717, 1.165) is 11.8 Å². The van der Waals surface area contributed by atoms with E-state index in [1.165, 1.54) is 10.4 Å². The molecule has 2 amide bonds. The fraction of sp³-hybridized carbons (Fsp3) is 0.222. The first-order valence-electron chi connectivity index (χ1n) is 8.15. The van der Waals surface area contributed by atoms with Gasteiger partial charge in [-0.1, -0.05) is 11.6 Å². The van der Waals surface area contributed by atoms with Crippen LogP contribution in [0.4, 0.5) is 5.69 Å². The number of hydrogen-bond acceptors (Lipinski definition) is 4. The number of rotatable bonds is 3. The smallest absolute Gasteiger partial charge is 0.267 e. The number of fused-ring (bicyclic) bond motifs is 1. The lowest BCUT2D eigenvalue weighted by molar-refractivity contribution is 0.0846. The number of anilines is 1. The molecule has 0 spiro atoms. The summed E-state index contributed by atoms with van der Waals surface area (Å²) >= 11 is 5.78. The molecule has 0 saturated heterocycles. The molecule has 1 atom stereocenters. The Balaban J connectivity index is 1.71. The second-order valence-electron chi connectivity index (χ2n) is 6.37. The number of nitrogens with zero attached hydrogens (tertiary/aromatic N) is 1. The highest BCUT2D eigenvalue weighted by molar-refractivity contribution is 7.92. The summed E-state index contributed by atoms with van der Waals surface area (Å²) in [6, 6.07) is 10.8. The Morgan fingerprint density at radius 1 is 1.04 bits per heavy atom. The first-order chi connectivity index (χ1) is 12.7. The van der Waals surface area contributed by atoms with Gasteiger partial charge in [0.2, 0.25) is 10.0 Å². The summed E-state index contributed by atoms with van der Waals surface area (Å²) < 4.78 is 25.3. The molecule has 9 heteroatoms. The highest BCUT2D eigenvalue weighted by Gasteiger charge is 2.32. The summed E-state index contributed by atoms with van der Waals surface area (Å²) in [5.74, 6) is -0.969. The highest BCUT2D eigenvalue weighted by Crippen LogP contribution is 2.34. The molecule has 2 aromatic carbocycles. The van der Waals surface area contributed by atoms with Gasteiger partial charge in [-0.2, -0.15) is 0 Å². The van der Waals surface area contributed by atoms with Gasteiger partial charge >= 0.3 is 0 Å². The van der Waals surface area contributed by atoms with Crippen LogP contribution < -0.4 is 15.2 Å². The van der Waals surface area contributed by atoms with Crippen LogP contribution in [-0.4, -0.2) is 32.5 Å². The molecule has 1 heterocycles. The average Bonchev–Trinajstić information content (AvgIpc) is 2.94. The third-order valence-corrected chi connectivity index (χ3v) is 5.77. The Labute approximate surface area is 162 Å². The average molecular weight is 408 g/mol. The molecule has 3 rings (SSSR count). The van der Waals surface area contributed by atoms with Crippen LogP contribution in [0.2, 0.25) is 5.02 Å². The van der Waals surface area contributed by atoms with E-state index in [2.05, 4.69) is 10.9 Å². The first kappa shape index (κ1) is 19.2. The predicted molar refractivity (Wildman–Crippen MR) is 103 cm³/mol. The normalized spacial score (nSPS) is 16.0. The molecule has 0 saturated carbocycles. The van der Waals surface area contributed by atoms with E-state index < -0.39 is 21.8 Å². The maximum Gasteiger partial charge on any atom is 0.269 e. The summed E-state index contributed by atoms with van der Waals surface area (Å²) in [7, 11) is -3.39. The minimum atomic E-state index is -3.39. The van der Waals surface area contributed by atoms with Crippen LogP contribution in [0.3, 0.4) is 0 Å². The highest BCUT2D eigenvalue weighted by atomic mass is 35.5.